The standard InChI is InChI=1S/C22H24O4S/c1-15(2)27(24,25)14-20-8-6-17(12-16(20)3)4-5-18-7-10-21-19(13-18)9-11-22(23)26-21/h6-13,15H,4-5,14H2,1-3H3. The van der Waals surface area contributed by atoms with Crippen molar-refractivity contribution in [2.24, 2.45) is 0 Å². The topological polar surface area (TPSA) is 64.3 Å². The normalized spacial score (nSPS) is 12.0. The third-order valence-corrected chi connectivity index (χ3v) is 7.02. The summed E-state index contributed by atoms with van der Waals surface area (Å²) in [5, 5.41) is 0.548. The van der Waals surface area contributed by atoms with Gasteiger partial charge in [-0.3, -0.25) is 0 Å². The van der Waals surface area contributed by atoms with E-state index < -0.39 is 9.84 Å². The maximum Gasteiger partial charge on any atom is 0.336 e. The lowest BCUT2D eigenvalue weighted by Gasteiger charge is -2.12. The van der Waals surface area contributed by atoms with Crippen LogP contribution in [0.25, 0.3) is 11.0 Å². The van der Waals surface area contributed by atoms with Gasteiger partial charge in [-0.25, -0.2) is 13.2 Å². The fraction of sp³-hybridized carbons (Fsp3) is 0.318. The van der Waals surface area contributed by atoms with Crippen LogP contribution in [0, 0.1) is 6.92 Å². The van der Waals surface area contributed by atoms with Gasteiger partial charge < -0.3 is 4.42 Å². The fourth-order valence-electron chi connectivity index (χ4n) is 3.02. The van der Waals surface area contributed by atoms with Crippen molar-refractivity contribution >= 4 is 20.8 Å². The van der Waals surface area contributed by atoms with Crippen LogP contribution in [0.15, 0.2) is 57.7 Å². The van der Waals surface area contributed by atoms with Crippen molar-refractivity contribution in [3.63, 3.8) is 0 Å². The second kappa shape index (κ2) is 7.69. The molecule has 0 fully saturated rings. The SMILES string of the molecule is Cc1cc(CCc2ccc3oc(=O)ccc3c2)ccc1CS(=O)(=O)C(C)C. The Bertz CT molecular complexity index is 1120. The quantitative estimate of drug-likeness (QED) is 0.597. The van der Waals surface area contributed by atoms with Gasteiger partial charge in [0.25, 0.3) is 0 Å². The predicted octanol–water partition coefficient (Wildman–Crippen LogP) is 4.21. The molecule has 0 N–H and O–H groups in total. The first-order valence-corrected chi connectivity index (χ1v) is 10.8. The molecular weight excluding hydrogens is 360 g/mol. The highest BCUT2D eigenvalue weighted by molar-refractivity contribution is 7.91. The Morgan fingerprint density at radius 1 is 0.926 bits per heavy atom. The Morgan fingerprint density at radius 2 is 1.59 bits per heavy atom. The van der Waals surface area contributed by atoms with Gasteiger partial charge in [-0.1, -0.05) is 24.3 Å². The number of rotatable bonds is 6. The van der Waals surface area contributed by atoms with Gasteiger partial charge >= 0.3 is 5.63 Å². The van der Waals surface area contributed by atoms with Gasteiger partial charge in [0.1, 0.15) is 5.58 Å². The van der Waals surface area contributed by atoms with Crippen LogP contribution in [0.4, 0.5) is 0 Å². The Balaban J connectivity index is 1.72. The van der Waals surface area contributed by atoms with Crippen LogP contribution < -0.4 is 5.63 Å². The molecular formula is C22H24O4S. The molecule has 0 amide bonds. The smallest absolute Gasteiger partial charge is 0.336 e. The number of sulfone groups is 1. The molecule has 0 saturated carbocycles. The Labute approximate surface area is 159 Å². The number of aryl methyl sites for hydroxylation is 3. The van der Waals surface area contributed by atoms with Crippen LogP contribution in [0.2, 0.25) is 0 Å². The van der Waals surface area contributed by atoms with E-state index in [0.717, 1.165) is 29.4 Å². The van der Waals surface area contributed by atoms with E-state index in [1.165, 1.54) is 17.2 Å². The first-order chi connectivity index (χ1) is 12.7. The highest BCUT2D eigenvalue weighted by Gasteiger charge is 2.17. The zero-order chi connectivity index (χ0) is 19.6. The fourth-order valence-corrected chi connectivity index (χ4v) is 4.12. The van der Waals surface area contributed by atoms with Crippen LogP contribution in [-0.4, -0.2) is 13.7 Å². The second-order valence-corrected chi connectivity index (χ2v) is 9.80. The molecule has 142 valence electrons. The molecule has 4 nitrogen and oxygen atoms in total. The van der Waals surface area contributed by atoms with Crippen molar-refractivity contribution in [3.8, 4) is 0 Å². The third kappa shape index (κ3) is 4.66. The van der Waals surface area contributed by atoms with Crippen molar-refractivity contribution in [2.45, 2.75) is 44.6 Å². The van der Waals surface area contributed by atoms with Crippen LogP contribution in [0.1, 0.15) is 36.1 Å². The van der Waals surface area contributed by atoms with E-state index in [2.05, 4.69) is 6.07 Å². The number of benzene rings is 2. The molecule has 0 atom stereocenters. The van der Waals surface area contributed by atoms with E-state index in [-0.39, 0.29) is 16.6 Å². The van der Waals surface area contributed by atoms with E-state index in [1.807, 2.05) is 37.3 Å². The lowest BCUT2D eigenvalue weighted by molar-refractivity contribution is 0.561. The average molecular weight is 384 g/mol. The van der Waals surface area contributed by atoms with Gasteiger partial charge in [-0.05, 0) is 74.1 Å². The van der Waals surface area contributed by atoms with Gasteiger partial charge in [0.15, 0.2) is 9.84 Å². The Kier molecular flexibility index (Phi) is 5.51. The molecule has 2 aromatic carbocycles. The Hall–Kier alpha value is -2.40. The predicted molar refractivity (Wildman–Crippen MR) is 109 cm³/mol. The van der Waals surface area contributed by atoms with Crippen LogP contribution >= 0.6 is 0 Å². The number of hydrogen-bond donors (Lipinski definition) is 0. The molecule has 0 saturated heterocycles. The Morgan fingerprint density at radius 3 is 2.26 bits per heavy atom. The van der Waals surface area contributed by atoms with Crippen molar-refractivity contribution in [1.29, 1.82) is 0 Å². The summed E-state index contributed by atoms with van der Waals surface area (Å²) >= 11 is 0. The monoisotopic (exact) mass is 384 g/mol. The molecule has 0 unspecified atom stereocenters. The van der Waals surface area contributed by atoms with E-state index >= 15 is 0 Å². The summed E-state index contributed by atoms with van der Waals surface area (Å²) in [6.45, 7) is 5.40. The van der Waals surface area contributed by atoms with Gasteiger partial charge in [0, 0.05) is 11.5 Å². The highest BCUT2D eigenvalue weighted by atomic mass is 32.2. The van der Waals surface area contributed by atoms with Crippen molar-refractivity contribution in [2.75, 3.05) is 0 Å². The molecule has 0 aliphatic heterocycles. The summed E-state index contributed by atoms with van der Waals surface area (Å²) in [6, 6.07) is 15.1. The van der Waals surface area contributed by atoms with Crippen LogP contribution in [0.3, 0.4) is 0 Å². The van der Waals surface area contributed by atoms with Crippen molar-refractivity contribution in [1.82, 2.24) is 0 Å². The molecule has 1 aromatic heterocycles. The first kappa shape index (κ1) is 19.4. The average Bonchev–Trinajstić information content (AvgIpc) is 2.61. The molecule has 0 aliphatic carbocycles. The summed E-state index contributed by atoms with van der Waals surface area (Å²) in [5.74, 6) is 0.0899. The maximum atomic E-state index is 12.1. The van der Waals surface area contributed by atoms with Gasteiger partial charge in [0.05, 0.1) is 11.0 Å². The molecule has 27 heavy (non-hydrogen) atoms. The third-order valence-electron chi connectivity index (χ3n) is 4.87. The zero-order valence-electron chi connectivity index (χ0n) is 15.9. The van der Waals surface area contributed by atoms with E-state index in [4.69, 9.17) is 4.42 Å². The largest absolute Gasteiger partial charge is 0.423 e. The molecule has 0 bridgehead atoms. The highest BCUT2D eigenvalue weighted by Crippen LogP contribution is 2.19. The summed E-state index contributed by atoms with van der Waals surface area (Å²) in [6.07, 6.45) is 1.72. The summed E-state index contributed by atoms with van der Waals surface area (Å²) in [5.41, 5.74) is 4.48. The van der Waals surface area contributed by atoms with Gasteiger partial charge in [-0.15, -0.1) is 0 Å². The summed E-state index contributed by atoms with van der Waals surface area (Å²) < 4.78 is 29.5. The van der Waals surface area contributed by atoms with Crippen LogP contribution in [-0.2, 0) is 28.4 Å². The van der Waals surface area contributed by atoms with Crippen LogP contribution in [0.5, 0.6) is 0 Å². The first-order valence-electron chi connectivity index (χ1n) is 9.07. The minimum atomic E-state index is -3.10. The molecule has 0 radical (unpaired) electrons. The van der Waals surface area contributed by atoms with Crippen molar-refractivity contribution < 1.29 is 12.8 Å². The van der Waals surface area contributed by atoms with Gasteiger partial charge in [0.2, 0.25) is 0 Å². The van der Waals surface area contributed by atoms with E-state index in [1.54, 1.807) is 19.9 Å². The lowest BCUT2D eigenvalue weighted by atomic mass is 10.00. The molecule has 5 heteroatoms. The lowest BCUT2D eigenvalue weighted by Crippen LogP contribution is -2.16. The molecule has 1 heterocycles. The molecule has 3 rings (SSSR count). The maximum absolute atomic E-state index is 12.1. The van der Waals surface area contributed by atoms with E-state index in [9.17, 15) is 13.2 Å². The number of hydrogen-bond acceptors (Lipinski definition) is 4. The van der Waals surface area contributed by atoms with Crippen molar-refractivity contribution in [3.05, 3.63) is 81.2 Å². The van der Waals surface area contributed by atoms with E-state index in [0.29, 0.717) is 5.58 Å². The van der Waals surface area contributed by atoms with Gasteiger partial charge in [-0.2, -0.15) is 0 Å². The molecule has 3 aromatic rings. The summed E-state index contributed by atoms with van der Waals surface area (Å²) in [7, 11) is -3.10. The minimum absolute atomic E-state index is 0.0899. The molecule has 0 aliphatic rings. The zero-order valence-corrected chi connectivity index (χ0v) is 16.7. The summed E-state index contributed by atoms with van der Waals surface area (Å²) in [4.78, 5) is 11.3. The molecule has 0 spiro atoms. The second-order valence-electron chi connectivity index (χ2n) is 7.24. The minimum Gasteiger partial charge on any atom is -0.423 e. The number of fused-ring (bicyclic) bond motifs is 1.